The minimum absolute atomic E-state index is 0.209. The molecule has 8 heteroatoms. The van der Waals surface area contributed by atoms with E-state index < -0.39 is 7.82 Å². The van der Waals surface area contributed by atoms with Crippen molar-refractivity contribution in [1.82, 2.24) is 0 Å². The lowest BCUT2D eigenvalue weighted by Gasteiger charge is -2.24. The molecule has 0 aromatic carbocycles. The average molecular weight is 541 g/mol. The zero-order valence-corrected chi connectivity index (χ0v) is 25.5. The Hall–Kier alpha value is 0.380. The lowest BCUT2D eigenvalue weighted by Crippen LogP contribution is -2.37. The van der Waals surface area contributed by atoms with Crippen LogP contribution in [-0.2, 0) is 18.3 Å². The molecule has 212 valence electrons. The standard InChI is InChI=1S/C27H58NO5PS/c1-6-7-8-9-10-11-12-13-14-15-16-17-18-19-21-27(31-5)26-35-25-20-23-32-34(29,30)33-24-22-28(2,3)4/h27H,6-26H2,1-5H3/p+1. The summed E-state index contributed by atoms with van der Waals surface area (Å²) in [5.41, 5.74) is 0. The molecule has 0 aliphatic carbocycles. The van der Waals surface area contributed by atoms with Gasteiger partial charge in [-0.3, -0.25) is 9.05 Å². The van der Waals surface area contributed by atoms with Crippen molar-refractivity contribution in [3.63, 3.8) is 0 Å². The summed E-state index contributed by atoms with van der Waals surface area (Å²) in [5, 5.41) is 0. The van der Waals surface area contributed by atoms with Crippen LogP contribution in [0.5, 0.6) is 0 Å². The van der Waals surface area contributed by atoms with Crippen molar-refractivity contribution in [1.29, 1.82) is 0 Å². The second-order valence-corrected chi connectivity index (χ2v) is 13.4. The van der Waals surface area contributed by atoms with E-state index in [-0.39, 0.29) is 13.2 Å². The van der Waals surface area contributed by atoms with Gasteiger partial charge in [0.15, 0.2) is 0 Å². The maximum absolute atomic E-state index is 11.9. The minimum atomic E-state index is -3.94. The molecule has 0 bridgehead atoms. The molecule has 0 radical (unpaired) electrons. The second kappa shape index (κ2) is 23.5. The monoisotopic (exact) mass is 540 g/mol. The highest BCUT2D eigenvalue weighted by atomic mass is 32.2. The maximum atomic E-state index is 11.9. The van der Waals surface area contributed by atoms with Gasteiger partial charge in [-0.15, -0.1) is 0 Å². The first-order valence-electron chi connectivity index (χ1n) is 14.2. The van der Waals surface area contributed by atoms with E-state index in [4.69, 9.17) is 13.8 Å². The van der Waals surface area contributed by atoms with Gasteiger partial charge in [0.25, 0.3) is 0 Å². The van der Waals surface area contributed by atoms with Crippen molar-refractivity contribution in [3.05, 3.63) is 0 Å². The zero-order valence-electron chi connectivity index (χ0n) is 23.8. The van der Waals surface area contributed by atoms with Gasteiger partial charge in [0.05, 0.1) is 33.9 Å². The molecule has 0 spiro atoms. The number of thioether (sulfide) groups is 1. The average Bonchev–Trinajstić information content (AvgIpc) is 2.79. The Morgan fingerprint density at radius 2 is 1.26 bits per heavy atom. The number of unbranched alkanes of at least 4 members (excludes halogenated alkanes) is 13. The number of quaternary nitrogens is 1. The first kappa shape index (κ1) is 35.4. The number of ether oxygens (including phenoxy) is 1. The lowest BCUT2D eigenvalue weighted by atomic mass is 10.0. The molecule has 1 N–H and O–H groups in total. The van der Waals surface area contributed by atoms with Gasteiger partial charge in [-0.25, -0.2) is 4.57 Å². The largest absolute Gasteiger partial charge is 0.472 e. The Morgan fingerprint density at radius 1 is 0.771 bits per heavy atom. The summed E-state index contributed by atoms with van der Waals surface area (Å²) in [7, 11) is 3.89. The van der Waals surface area contributed by atoms with E-state index in [0.717, 1.165) is 24.3 Å². The summed E-state index contributed by atoms with van der Waals surface area (Å²) in [5.74, 6) is 1.85. The Morgan fingerprint density at radius 3 is 1.74 bits per heavy atom. The number of hydrogen-bond acceptors (Lipinski definition) is 5. The summed E-state index contributed by atoms with van der Waals surface area (Å²) in [6, 6.07) is 0. The van der Waals surface area contributed by atoms with Crippen LogP contribution in [0.4, 0.5) is 0 Å². The molecule has 0 amide bonds. The first-order chi connectivity index (χ1) is 16.7. The highest BCUT2D eigenvalue weighted by molar-refractivity contribution is 7.99. The molecular weight excluding hydrogens is 481 g/mol. The third-order valence-corrected chi connectivity index (χ3v) is 8.42. The van der Waals surface area contributed by atoms with Gasteiger partial charge in [-0.2, -0.15) is 11.8 Å². The van der Waals surface area contributed by atoms with Crippen LogP contribution in [0.15, 0.2) is 0 Å². The molecule has 2 unspecified atom stereocenters. The smallest absolute Gasteiger partial charge is 0.381 e. The number of likely N-dealkylation sites (N-methyl/N-ethyl adjacent to an activating group) is 1. The fourth-order valence-electron chi connectivity index (χ4n) is 3.86. The van der Waals surface area contributed by atoms with Gasteiger partial charge in [0.1, 0.15) is 13.2 Å². The van der Waals surface area contributed by atoms with Gasteiger partial charge in [0.2, 0.25) is 0 Å². The summed E-state index contributed by atoms with van der Waals surface area (Å²) >= 11 is 1.82. The molecule has 0 fully saturated rings. The molecular formula is C27H59NO5PS+. The third kappa shape index (κ3) is 27.2. The van der Waals surface area contributed by atoms with Crippen molar-refractivity contribution in [2.24, 2.45) is 0 Å². The van der Waals surface area contributed by atoms with Crippen molar-refractivity contribution >= 4 is 19.6 Å². The topological polar surface area (TPSA) is 65.0 Å². The fraction of sp³-hybridized carbons (Fsp3) is 1.00. The minimum Gasteiger partial charge on any atom is -0.381 e. The van der Waals surface area contributed by atoms with Gasteiger partial charge >= 0.3 is 7.82 Å². The van der Waals surface area contributed by atoms with Crippen molar-refractivity contribution in [3.8, 4) is 0 Å². The number of nitrogens with zero attached hydrogens (tertiary/aromatic N) is 1. The quantitative estimate of drug-likeness (QED) is 0.0650. The molecule has 0 saturated carbocycles. The van der Waals surface area contributed by atoms with E-state index in [1.54, 1.807) is 7.11 Å². The summed E-state index contributed by atoms with van der Waals surface area (Å²) in [4.78, 5) is 9.73. The Balaban J connectivity index is 3.51. The van der Waals surface area contributed by atoms with Crippen molar-refractivity contribution in [2.45, 2.75) is 116 Å². The SMILES string of the molecule is CCCCCCCCCCCCCCCCC(CSCCCOP(=O)(O)OCC[N+](C)(C)C)OC. The summed E-state index contributed by atoms with van der Waals surface area (Å²) in [6.45, 7) is 3.38. The Labute approximate surface area is 222 Å². The Kier molecular flexibility index (Phi) is 23.7. The van der Waals surface area contributed by atoms with Crippen LogP contribution in [0.3, 0.4) is 0 Å². The second-order valence-electron chi connectivity index (χ2n) is 10.8. The molecule has 0 aromatic rings. The van der Waals surface area contributed by atoms with Gasteiger partial charge in [-0.1, -0.05) is 96.8 Å². The molecule has 0 saturated heterocycles. The van der Waals surface area contributed by atoms with Crippen LogP contribution >= 0.6 is 19.6 Å². The van der Waals surface area contributed by atoms with Crippen LogP contribution in [0.25, 0.3) is 0 Å². The molecule has 0 aromatic heterocycles. The van der Waals surface area contributed by atoms with Crippen LogP contribution in [0.2, 0.25) is 0 Å². The molecule has 2 atom stereocenters. The highest BCUT2D eigenvalue weighted by Gasteiger charge is 2.22. The van der Waals surface area contributed by atoms with Gasteiger partial charge in [0, 0.05) is 12.9 Å². The fourth-order valence-corrected chi connectivity index (χ4v) is 5.66. The van der Waals surface area contributed by atoms with Gasteiger partial charge in [-0.05, 0) is 18.6 Å². The molecule has 0 aliphatic heterocycles. The predicted octanol–water partition coefficient (Wildman–Crippen LogP) is 7.84. The predicted molar refractivity (Wildman–Crippen MR) is 152 cm³/mol. The van der Waals surface area contributed by atoms with E-state index in [1.165, 1.54) is 89.9 Å². The van der Waals surface area contributed by atoms with Crippen LogP contribution in [-0.4, -0.2) is 75.0 Å². The summed E-state index contributed by atoms with van der Waals surface area (Å²) < 4.78 is 28.3. The number of methoxy groups -OCH3 is 1. The molecule has 0 heterocycles. The van der Waals surface area contributed by atoms with Gasteiger partial charge < -0.3 is 14.1 Å². The van der Waals surface area contributed by atoms with E-state index in [0.29, 0.717) is 17.1 Å². The number of hydrogen-bond donors (Lipinski definition) is 1. The van der Waals surface area contributed by atoms with Crippen LogP contribution in [0.1, 0.15) is 110 Å². The highest BCUT2D eigenvalue weighted by Crippen LogP contribution is 2.43. The number of rotatable bonds is 27. The van der Waals surface area contributed by atoms with E-state index in [1.807, 2.05) is 32.9 Å². The van der Waals surface area contributed by atoms with Crippen molar-refractivity contribution in [2.75, 3.05) is 59.5 Å². The Bertz CT molecular complexity index is 504. The molecule has 0 aliphatic rings. The van der Waals surface area contributed by atoms with E-state index in [9.17, 15) is 9.46 Å². The molecule has 0 rings (SSSR count). The third-order valence-electron chi connectivity index (χ3n) is 6.22. The normalized spacial score (nSPS) is 14.8. The van der Waals surface area contributed by atoms with Crippen molar-refractivity contribution < 1.29 is 27.7 Å². The zero-order chi connectivity index (χ0) is 26.3. The number of phosphoric acid groups is 1. The number of phosphoric ester groups is 1. The maximum Gasteiger partial charge on any atom is 0.472 e. The molecule has 35 heavy (non-hydrogen) atoms. The van der Waals surface area contributed by atoms with Crippen LogP contribution < -0.4 is 0 Å². The van der Waals surface area contributed by atoms with E-state index in [2.05, 4.69) is 6.92 Å². The summed E-state index contributed by atoms with van der Waals surface area (Å²) in [6.07, 6.45) is 21.5. The van der Waals surface area contributed by atoms with Crippen LogP contribution in [0, 0.1) is 0 Å². The lowest BCUT2D eigenvalue weighted by molar-refractivity contribution is -0.870. The first-order valence-corrected chi connectivity index (χ1v) is 16.9. The van der Waals surface area contributed by atoms with E-state index >= 15 is 0 Å². The molecule has 6 nitrogen and oxygen atoms in total.